The molecule has 0 saturated heterocycles. The number of aromatic nitrogens is 3. The van der Waals surface area contributed by atoms with Gasteiger partial charge < -0.3 is 9.64 Å². The summed E-state index contributed by atoms with van der Waals surface area (Å²) >= 11 is 0. The number of fused-ring (bicyclic) bond motifs is 1. The number of nitrogens with zero attached hydrogens (tertiary/aromatic N) is 4. The van der Waals surface area contributed by atoms with Crippen molar-refractivity contribution in [3.05, 3.63) is 78.9 Å². The number of rotatable bonds is 5. The van der Waals surface area contributed by atoms with Crippen molar-refractivity contribution in [3.63, 3.8) is 0 Å². The molecule has 134 valence electrons. The summed E-state index contributed by atoms with van der Waals surface area (Å²) in [6.07, 6.45) is 0. The maximum absolute atomic E-state index is 12.6. The molecule has 6 heteroatoms. The summed E-state index contributed by atoms with van der Waals surface area (Å²) in [5.41, 5.74) is 2.39. The number of anilines is 1. The van der Waals surface area contributed by atoms with Crippen LogP contribution in [0.2, 0.25) is 0 Å². The molecule has 1 amide bonds. The van der Waals surface area contributed by atoms with E-state index >= 15 is 0 Å². The van der Waals surface area contributed by atoms with Crippen LogP contribution >= 0.6 is 0 Å². The zero-order valence-corrected chi connectivity index (χ0v) is 14.8. The first-order chi connectivity index (χ1) is 13.2. The van der Waals surface area contributed by atoms with Gasteiger partial charge in [-0.1, -0.05) is 35.5 Å². The van der Waals surface area contributed by atoms with Crippen LogP contribution in [0.15, 0.2) is 78.9 Å². The highest BCUT2D eigenvalue weighted by Crippen LogP contribution is 2.24. The Bertz CT molecular complexity index is 1060. The molecule has 0 radical (unpaired) electrons. The van der Waals surface area contributed by atoms with Crippen LogP contribution in [0.3, 0.4) is 0 Å². The smallest absolute Gasteiger partial charge is 0.248 e. The largest absolute Gasteiger partial charge is 0.457 e. The highest BCUT2D eigenvalue weighted by molar-refractivity contribution is 5.93. The van der Waals surface area contributed by atoms with Gasteiger partial charge in [0.1, 0.15) is 23.6 Å². The van der Waals surface area contributed by atoms with E-state index in [0.29, 0.717) is 5.75 Å². The van der Waals surface area contributed by atoms with E-state index in [9.17, 15) is 4.79 Å². The van der Waals surface area contributed by atoms with Crippen molar-refractivity contribution in [2.45, 2.75) is 6.54 Å². The van der Waals surface area contributed by atoms with E-state index < -0.39 is 0 Å². The van der Waals surface area contributed by atoms with E-state index in [4.69, 9.17) is 4.74 Å². The van der Waals surface area contributed by atoms with Gasteiger partial charge in [-0.25, -0.2) is 4.68 Å². The highest BCUT2D eigenvalue weighted by atomic mass is 16.5. The van der Waals surface area contributed by atoms with E-state index in [1.165, 1.54) is 0 Å². The maximum atomic E-state index is 12.6. The van der Waals surface area contributed by atoms with Crippen LogP contribution in [0.4, 0.5) is 5.69 Å². The Morgan fingerprint density at radius 1 is 0.926 bits per heavy atom. The molecule has 4 aromatic rings. The van der Waals surface area contributed by atoms with E-state index in [-0.39, 0.29) is 12.5 Å². The Kier molecular flexibility index (Phi) is 4.53. The number of amides is 1. The van der Waals surface area contributed by atoms with Crippen molar-refractivity contribution in [2.75, 3.05) is 11.9 Å². The van der Waals surface area contributed by atoms with Crippen LogP contribution in [0.1, 0.15) is 0 Å². The fourth-order valence-electron chi connectivity index (χ4n) is 2.77. The molecule has 0 spiro atoms. The predicted molar refractivity (Wildman–Crippen MR) is 104 cm³/mol. The molecule has 0 aliphatic heterocycles. The Morgan fingerprint density at radius 3 is 2.37 bits per heavy atom. The molecule has 3 aromatic carbocycles. The molecular weight excluding hydrogens is 340 g/mol. The second-order valence-corrected chi connectivity index (χ2v) is 6.10. The van der Waals surface area contributed by atoms with Crippen LogP contribution < -0.4 is 9.64 Å². The van der Waals surface area contributed by atoms with Gasteiger partial charge in [0.05, 0.1) is 5.52 Å². The minimum atomic E-state index is -0.0811. The fraction of sp³-hybridized carbons (Fsp3) is 0.0952. The molecule has 1 heterocycles. The minimum absolute atomic E-state index is 0.0811. The lowest BCUT2D eigenvalue weighted by Gasteiger charge is -2.18. The molecule has 4 rings (SSSR count). The van der Waals surface area contributed by atoms with Gasteiger partial charge in [-0.05, 0) is 48.5 Å². The van der Waals surface area contributed by atoms with Gasteiger partial charge in [0.25, 0.3) is 0 Å². The van der Waals surface area contributed by atoms with Crippen LogP contribution in [0.5, 0.6) is 11.5 Å². The van der Waals surface area contributed by atoms with Gasteiger partial charge in [-0.15, -0.1) is 5.10 Å². The monoisotopic (exact) mass is 358 g/mol. The minimum Gasteiger partial charge on any atom is -0.457 e. The second kappa shape index (κ2) is 7.29. The maximum Gasteiger partial charge on any atom is 0.248 e. The molecule has 0 aliphatic carbocycles. The zero-order valence-electron chi connectivity index (χ0n) is 14.8. The van der Waals surface area contributed by atoms with E-state index in [0.717, 1.165) is 22.5 Å². The fourth-order valence-corrected chi connectivity index (χ4v) is 2.77. The van der Waals surface area contributed by atoms with E-state index in [1.54, 1.807) is 16.6 Å². The highest BCUT2D eigenvalue weighted by Gasteiger charge is 2.14. The Labute approximate surface area is 156 Å². The Morgan fingerprint density at radius 2 is 1.59 bits per heavy atom. The number of likely N-dealkylation sites (N-methyl/N-ethyl adjacent to an activating group) is 1. The first-order valence-corrected chi connectivity index (χ1v) is 8.58. The summed E-state index contributed by atoms with van der Waals surface area (Å²) in [4.78, 5) is 14.2. The van der Waals surface area contributed by atoms with Crippen molar-refractivity contribution >= 4 is 22.6 Å². The number of hydrogen-bond acceptors (Lipinski definition) is 4. The molecule has 27 heavy (non-hydrogen) atoms. The average molecular weight is 358 g/mol. The first kappa shape index (κ1) is 16.8. The molecule has 0 N–H and O–H groups in total. The lowest BCUT2D eigenvalue weighted by Crippen LogP contribution is -2.30. The summed E-state index contributed by atoms with van der Waals surface area (Å²) in [6.45, 7) is 0.124. The van der Waals surface area contributed by atoms with Crippen molar-refractivity contribution in [1.29, 1.82) is 0 Å². The summed E-state index contributed by atoms with van der Waals surface area (Å²) in [6, 6.07) is 24.5. The van der Waals surface area contributed by atoms with Crippen LogP contribution in [-0.4, -0.2) is 27.9 Å². The molecule has 0 bridgehead atoms. The zero-order chi connectivity index (χ0) is 18.6. The number of para-hydroxylation sites is 2. The van der Waals surface area contributed by atoms with Crippen molar-refractivity contribution in [1.82, 2.24) is 15.0 Å². The molecule has 1 aromatic heterocycles. The number of ether oxygens (including phenoxy) is 1. The van der Waals surface area contributed by atoms with Gasteiger partial charge in [0.2, 0.25) is 5.91 Å². The third-order valence-electron chi connectivity index (χ3n) is 4.28. The van der Waals surface area contributed by atoms with Gasteiger partial charge in [0.15, 0.2) is 0 Å². The third kappa shape index (κ3) is 3.64. The molecule has 0 atom stereocenters. The topological polar surface area (TPSA) is 60.2 Å². The van der Waals surface area contributed by atoms with Crippen molar-refractivity contribution in [2.24, 2.45) is 0 Å². The van der Waals surface area contributed by atoms with Gasteiger partial charge in [-0.3, -0.25) is 4.79 Å². The number of hydrogen-bond donors (Lipinski definition) is 0. The van der Waals surface area contributed by atoms with Crippen LogP contribution in [-0.2, 0) is 11.3 Å². The first-order valence-electron chi connectivity index (χ1n) is 8.58. The summed E-state index contributed by atoms with van der Waals surface area (Å²) in [5, 5.41) is 8.15. The molecule has 0 fully saturated rings. The number of carbonyl (C=O) groups excluding carboxylic acids is 1. The lowest BCUT2D eigenvalue weighted by molar-refractivity contribution is -0.119. The third-order valence-corrected chi connectivity index (χ3v) is 4.28. The second-order valence-electron chi connectivity index (χ2n) is 6.10. The normalized spacial score (nSPS) is 10.7. The van der Waals surface area contributed by atoms with Gasteiger partial charge in [0, 0.05) is 12.7 Å². The SMILES string of the molecule is CN(C(=O)Cn1nnc2ccccc21)c1ccc(Oc2ccccc2)cc1. The molecule has 0 unspecified atom stereocenters. The number of benzene rings is 3. The van der Waals surface area contributed by atoms with Crippen LogP contribution in [0, 0.1) is 0 Å². The Hall–Kier alpha value is -3.67. The summed E-state index contributed by atoms with van der Waals surface area (Å²) < 4.78 is 7.39. The molecule has 6 nitrogen and oxygen atoms in total. The van der Waals surface area contributed by atoms with Crippen molar-refractivity contribution in [3.8, 4) is 11.5 Å². The van der Waals surface area contributed by atoms with Crippen LogP contribution in [0.25, 0.3) is 11.0 Å². The van der Waals surface area contributed by atoms with Gasteiger partial charge in [-0.2, -0.15) is 0 Å². The molecule has 0 saturated carbocycles. The Balaban J connectivity index is 1.45. The van der Waals surface area contributed by atoms with Gasteiger partial charge >= 0.3 is 0 Å². The lowest BCUT2D eigenvalue weighted by atomic mass is 10.2. The molecule has 0 aliphatic rings. The summed E-state index contributed by atoms with van der Waals surface area (Å²) in [5.74, 6) is 1.41. The standard InChI is InChI=1S/C21H18N4O2/c1-24(21(26)15-25-20-10-6-5-9-19(20)22-23-25)16-11-13-18(14-12-16)27-17-7-3-2-4-8-17/h2-14H,15H2,1H3. The number of carbonyl (C=O) groups is 1. The average Bonchev–Trinajstić information content (AvgIpc) is 3.12. The summed E-state index contributed by atoms with van der Waals surface area (Å²) in [7, 11) is 1.74. The molecular formula is C21H18N4O2. The predicted octanol–water partition coefficient (Wildman–Crippen LogP) is 3.89. The van der Waals surface area contributed by atoms with E-state index in [2.05, 4.69) is 10.3 Å². The van der Waals surface area contributed by atoms with Crippen molar-refractivity contribution < 1.29 is 9.53 Å². The quantitative estimate of drug-likeness (QED) is 0.543. The van der Waals surface area contributed by atoms with E-state index in [1.807, 2.05) is 78.9 Å².